The van der Waals surface area contributed by atoms with Crippen LogP contribution in [0, 0.1) is 0 Å². The zero-order valence-electron chi connectivity index (χ0n) is 11.8. The highest BCUT2D eigenvalue weighted by Gasteiger charge is 2.12. The minimum Gasteiger partial charge on any atom is -0.388 e. The molecule has 4 heteroatoms. The Labute approximate surface area is 114 Å². The van der Waals surface area contributed by atoms with Crippen LogP contribution in [0.25, 0.3) is 11.4 Å². The molecule has 0 aliphatic heterocycles. The molecule has 19 heavy (non-hydrogen) atoms. The fourth-order valence-electron chi connectivity index (χ4n) is 2.14. The van der Waals surface area contributed by atoms with Crippen LogP contribution >= 0.6 is 0 Å². The first-order valence-electron chi connectivity index (χ1n) is 6.80. The summed E-state index contributed by atoms with van der Waals surface area (Å²) in [6.45, 7) is 7.21. The summed E-state index contributed by atoms with van der Waals surface area (Å²) in [5, 5.41) is 17.6. The van der Waals surface area contributed by atoms with E-state index in [0.717, 1.165) is 24.4 Å². The normalized spacial score (nSPS) is 11.2. The third kappa shape index (κ3) is 2.84. The van der Waals surface area contributed by atoms with Gasteiger partial charge in [0.25, 0.3) is 0 Å². The Balaban J connectivity index is 2.38. The van der Waals surface area contributed by atoms with Gasteiger partial charge in [-0.15, -0.1) is 10.2 Å². The van der Waals surface area contributed by atoms with Crippen molar-refractivity contribution in [1.82, 2.24) is 14.8 Å². The Bertz CT molecular complexity index is 529. The molecule has 0 unspecified atom stereocenters. The van der Waals surface area contributed by atoms with Gasteiger partial charge in [-0.2, -0.15) is 0 Å². The minimum atomic E-state index is -0.0723. The van der Waals surface area contributed by atoms with Crippen molar-refractivity contribution in [3.05, 3.63) is 35.7 Å². The Hall–Kier alpha value is -1.68. The Kier molecular flexibility index (Phi) is 4.32. The summed E-state index contributed by atoms with van der Waals surface area (Å²) in [4.78, 5) is 0. The van der Waals surface area contributed by atoms with Crippen LogP contribution in [0.2, 0.25) is 0 Å². The molecule has 0 aliphatic rings. The van der Waals surface area contributed by atoms with Crippen LogP contribution in [0.4, 0.5) is 0 Å². The number of nitrogens with zero attached hydrogens (tertiary/aromatic N) is 3. The maximum Gasteiger partial charge on any atom is 0.164 e. The summed E-state index contributed by atoms with van der Waals surface area (Å²) in [5.41, 5.74) is 2.36. The number of aromatic nitrogens is 3. The second-order valence-corrected chi connectivity index (χ2v) is 5.03. The molecule has 0 amide bonds. The van der Waals surface area contributed by atoms with Crippen LogP contribution in [-0.4, -0.2) is 19.9 Å². The molecule has 0 spiro atoms. The lowest BCUT2D eigenvalue weighted by atomic mass is 10.0. The van der Waals surface area contributed by atoms with Crippen LogP contribution < -0.4 is 0 Å². The smallest absolute Gasteiger partial charge is 0.164 e. The molecular formula is C15H21N3O. The third-order valence-electron chi connectivity index (χ3n) is 3.25. The third-order valence-corrected chi connectivity index (χ3v) is 3.25. The molecule has 0 radical (unpaired) electrons. The monoisotopic (exact) mass is 259 g/mol. The highest BCUT2D eigenvalue weighted by Crippen LogP contribution is 2.22. The van der Waals surface area contributed by atoms with Gasteiger partial charge >= 0.3 is 0 Å². The van der Waals surface area contributed by atoms with Gasteiger partial charge in [-0.3, -0.25) is 0 Å². The van der Waals surface area contributed by atoms with Crippen LogP contribution in [-0.2, 0) is 13.2 Å². The number of hydrogen-bond acceptors (Lipinski definition) is 3. The summed E-state index contributed by atoms with van der Waals surface area (Å²) in [6.07, 6.45) is 0.988. The predicted molar refractivity (Wildman–Crippen MR) is 75.8 cm³/mol. The summed E-state index contributed by atoms with van der Waals surface area (Å²) in [6, 6.07) is 8.41. The number of benzene rings is 1. The van der Waals surface area contributed by atoms with Crippen molar-refractivity contribution in [2.75, 3.05) is 0 Å². The van der Waals surface area contributed by atoms with E-state index in [1.807, 2.05) is 4.57 Å². The average Bonchev–Trinajstić information content (AvgIpc) is 2.82. The van der Waals surface area contributed by atoms with Gasteiger partial charge in [0.05, 0.1) is 0 Å². The fourth-order valence-corrected chi connectivity index (χ4v) is 2.14. The molecule has 0 fully saturated rings. The maximum absolute atomic E-state index is 9.30. The van der Waals surface area contributed by atoms with E-state index in [2.05, 4.69) is 55.2 Å². The van der Waals surface area contributed by atoms with E-state index >= 15 is 0 Å². The topological polar surface area (TPSA) is 50.9 Å². The summed E-state index contributed by atoms with van der Waals surface area (Å²) >= 11 is 0. The Morgan fingerprint density at radius 1 is 1.16 bits per heavy atom. The summed E-state index contributed by atoms with van der Waals surface area (Å²) in [7, 11) is 0. The molecule has 0 atom stereocenters. The van der Waals surface area contributed by atoms with E-state index in [1.165, 1.54) is 5.56 Å². The standard InChI is InChI=1S/C15H21N3O/c1-4-9-18-14(10-19)16-17-15(18)13-7-5-12(6-8-13)11(2)3/h5-8,11,19H,4,9-10H2,1-3H3. The molecule has 102 valence electrons. The number of aliphatic hydroxyl groups is 1. The first-order chi connectivity index (χ1) is 9.17. The molecule has 1 aromatic carbocycles. The van der Waals surface area contributed by atoms with Gasteiger partial charge in [0.2, 0.25) is 0 Å². The second kappa shape index (κ2) is 5.97. The second-order valence-electron chi connectivity index (χ2n) is 5.03. The van der Waals surface area contributed by atoms with Crippen LogP contribution in [0.1, 0.15) is 44.5 Å². The van der Waals surface area contributed by atoms with Gasteiger partial charge in [0, 0.05) is 12.1 Å². The largest absolute Gasteiger partial charge is 0.388 e. The van der Waals surface area contributed by atoms with E-state index < -0.39 is 0 Å². The lowest BCUT2D eigenvalue weighted by molar-refractivity contribution is 0.264. The van der Waals surface area contributed by atoms with Crippen molar-refractivity contribution < 1.29 is 5.11 Å². The van der Waals surface area contributed by atoms with E-state index in [1.54, 1.807) is 0 Å². The summed E-state index contributed by atoms with van der Waals surface area (Å²) < 4.78 is 1.99. The van der Waals surface area contributed by atoms with Gasteiger partial charge in [0.1, 0.15) is 6.61 Å². The number of hydrogen-bond donors (Lipinski definition) is 1. The summed E-state index contributed by atoms with van der Waals surface area (Å²) in [5.74, 6) is 1.99. The molecule has 0 bridgehead atoms. The van der Waals surface area contributed by atoms with Gasteiger partial charge in [-0.1, -0.05) is 45.0 Å². The highest BCUT2D eigenvalue weighted by atomic mass is 16.3. The minimum absolute atomic E-state index is 0.0723. The molecule has 0 saturated heterocycles. The van der Waals surface area contributed by atoms with Crippen molar-refractivity contribution in [3.63, 3.8) is 0 Å². The molecule has 1 aromatic heterocycles. The highest BCUT2D eigenvalue weighted by molar-refractivity contribution is 5.56. The zero-order chi connectivity index (χ0) is 13.8. The van der Waals surface area contributed by atoms with Crippen LogP contribution in [0.3, 0.4) is 0 Å². The SMILES string of the molecule is CCCn1c(CO)nnc1-c1ccc(C(C)C)cc1. The molecule has 0 saturated carbocycles. The lowest BCUT2D eigenvalue weighted by Crippen LogP contribution is -2.05. The van der Waals surface area contributed by atoms with Crippen molar-refractivity contribution in [3.8, 4) is 11.4 Å². The fraction of sp³-hybridized carbons (Fsp3) is 0.467. The van der Waals surface area contributed by atoms with Crippen molar-refractivity contribution in [1.29, 1.82) is 0 Å². The molecular weight excluding hydrogens is 238 g/mol. The molecule has 1 heterocycles. The van der Waals surface area contributed by atoms with Gasteiger partial charge in [-0.05, 0) is 17.9 Å². The van der Waals surface area contributed by atoms with Gasteiger partial charge in [0.15, 0.2) is 11.6 Å². The number of aliphatic hydroxyl groups excluding tert-OH is 1. The lowest BCUT2D eigenvalue weighted by Gasteiger charge is -2.09. The molecule has 4 nitrogen and oxygen atoms in total. The Morgan fingerprint density at radius 2 is 1.84 bits per heavy atom. The van der Waals surface area contributed by atoms with E-state index in [0.29, 0.717) is 11.7 Å². The molecule has 1 N–H and O–H groups in total. The molecule has 0 aliphatic carbocycles. The van der Waals surface area contributed by atoms with Crippen molar-refractivity contribution in [2.24, 2.45) is 0 Å². The predicted octanol–water partition coefficient (Wildman–Crippen LogP) is 2.97. The van der Waals surface area contributed by atoms with Gasteiger partial charge < -0.3 is 9.67 Å². The van der Waals surface area contributed by atoms with E-state index in [4.69, 9.17) is 0 Å². The van der Waals surface area contributed by atoms with E-state index in [-0.39, 0.29) is 6.61 Å². The first kappa shape index (κ1) is 13.7. The Morgan fingerprint density at radius 3 is 2.37 bits per heavy atom. The number of rotatable bonds is 5. The quantitative estimate of drug-likeness (QED) is 0.898. The van der Waals surface area contributed by atoms with Crippen molar-refractivity contribution in [2.45, 2.75) is 46.3 Å². The van der Waals surface area contributed by atoms with E-state index in [9.17, 15) is 5.11 Å². The zero-order valence-corrected chi connectivity index (χ0v) is 11.8. The van der Waals surface area contributed by atoms with Crippen LogP contribution in [0.15, 0.2) is 24.3 Å². The maximum atomic E-state index is 9.30. The molecule has 2 rings (SSSR count). The first-order valence-corrected chi connectivity index (χ1v) is 6.80. The van der Waals surface area contributed by atoms with Crippen molar-refractivity contribution >= 4 is 0 Å². The average molecular weight is 259 g/mol. The van der Waals surface area contributed by atoms with Gasteiger partial charge in [-0.25, -0.2) is 0 Å². The van der Waals surface area contributed by atoms with Crippen LogP contribution in [0.5, 0.6) is 0 Å². The molecule has 2 aromatic rings.